The number of rotatable bonds is 6. The van der Waals surface area contributed by atoms with Crippen molar-refractivity contribution in [3.63, 3.8) is 0 Å². The number of likely N-dealkylation sites (tertiary alicyclic amines) is 2. The van der Waals surface area contributed by atoms with Gasteiger partial charge in [-0.1, -0.05) is 0 Å². The zero-order chi connectivity index (χ0) is 52.5. The molecule has 4 aliphatic rings. The Labute approximate surface area is 424 Å². The molecular formula is C46H59Cl3F4N8O10. The Morgan fingerprint density at radius 2 is 1.14 bits per heavy atom. The lowest BCUT2D eigenvalue weighted by atomic mass is 9.93. The lowest BCUT2D eigenvalue weighted by Gasteiger charge is -2.31. The summed E-state index contributed by atoms with van der Waals surface area (Å²) in [6.45, 7) is 10.3. The Bertz CT molecular complexity index is 2410. The number of alkyl halides is 2. The number of aliphatic carboxylic acids is 1. The molecule has 2 unspecified atom stereocenters. The fourth-order valence-corrected chi connectivity index (χ4v) is 8.41. The highest BCUT2D eigenvalue weighted by Crippen LogP contribution is 2.64. The van der Waals surface area contributed by atoms with Crippen molar-refractivity contribution in [3.05, 3.63) is 108 Å². The van der Waals surface area contributed by atoms with Gasteiger partial charge >= 0.3 is 24.2 Å². The second-order valence-electron chi connectivity index (χ2n) is 18.4. The van der Waals surface area contributed by atoms with Crippen LogP contribution in [0, 0.1) is 35.1 Å². The number of imidazole rings is 2. The van der Waals surface area contributed by atoms with Gasteiger partial charge in [-0.2, -0.15) is 0 Å². The Kier molecular flexibility index (Phi) is 20.8. The number of piperidine rings is 2. The summed E-state index contributed by atoms with van der Waals surface area (Å²) < 4.78 is 69.3. The third-order valence-electron chi connectivity index (χ3n) is 11.5. The Balaban J connectivity index is 0.000000275. The van der Waals surface area contributed by atoms with E-state index in [4.69, 9.17) is 37.5 Å². The zero-order valence-electron chi connectivity index (χ0n) is 40.7. The number of carbonyl (C=O) groups is 5. The first-order chi connectivity index (χ1) is 32.8. The second-order valence-corrected chi connectivity index (χ2v) is 19.2. The smallest absolute Gasteiger partial charge is 0.411 e. The summed E-state index contributed by atoms with van der Waals surface area (Å²) in [5.41, 5.74) is -0.419. The molecule has 71 heavy (non-hydrogen) atoms. The number of fused-ring (bicyclic) bond motifs is 2. The van der Waals surface area contributed by atoms with Crippen LogP contribution in [0.25, 0.3) is 0 Å². The number of amides is 3. The minimum absolute atomic E-state index is 0. The first kappa shape index (κ1) is 59.8. The first-order valence-corrected chi connectivity index (χ1v) is 22.6. The largest absolute Gasteiger partial charge is 0.480 e. The summed E-state index contributed by atoms with van der Waals surface area (Å²) in [6, 6.07) is 4.27. The molecule has 4 heterocycles. The molecule has 392 valence electrons. The number of carbonyl (C=O) groups excluding carboxylic acids is 4. The molecule has 25 heteroatoms. The van der Waals surface area contributed by atoms with E-state index in [1.807, 2.05) is 0 Å². The van der Waals surface area contributed by atoms with E-state index in [2.05, 4.69) is 20.3 Å². The zero-order valence-corrected chi connectivity index (χ0v) is 43.0. The quantitative estimate of drug-likeness (QED) is 0.107. The molecule has 2 aromatic carbocycles. The number of benzene rings is 2. The van der Waals surface area contributed by atoms with Gasteiger partial charge in [0.25, 0.3) is 5.91 Å². The van der Waals surface area contributed by atoms with Crippen molar-refractivity contribution in [2.75, 3.05) is 46.7 Å². The molecule has 2 aliphatic carbocycles. The highest BCUT2D eigenvalue weighted by molar-refractivity contribution is 6.40. The van der Waals surface area contributed by atoms with Crippen molar-refractivity contribution in [2.45, 2.75) is 88.5 Å². The minimum Gasteiger partial charge on any atom is -0.480 e. The Morgan fingerprint density at radius 3 is 1.46 bits per heavy atom. The standard InChI is InChI=1S/C19H24F2N2O4.C17H19F2NO4.C7H6N4O.C2H7NO.CH2Cl2.ClH/c1-18(2,3)27-17(25)23-10-19(12-8-11(20)6-7-14(12)21)9-13(19)15(23)16(24)22(4)26-5;1-16(2,3)24-15(23)20-8-17(7-11(17)13(20)14(21)22)10-6-9(18)4-5-12(10)19;12-7(10-3-1-8-5-10)11-4-2-9-6-11;1-3-4-2;2-1-3;/h6-8,13,15H,9-10H2,1-5H3;4-6,11,13H,7-8H2,1-3H3,(H,21,22);1-6H;3H,1-2H3;1H2;1H/t13-,15?,19+;11-,13?,17+;;;;/m00..../s1. The number of hydrogen-bond acceptors (Lipinski definition) is 12. The topological polar surface area (TPSA) is 200 Å². The number of hydrogen-bond donors (Lipinski definition) is 2. The third-order valence-corrected chi connectivity index (χ3v) is 11.5. The number of ether oxygens (including phenoxy) is 2. The molecule has 0 spiro atoms. The van der Waals surface area contributed by atoms with Crippen LogP contribution in [0.5, 0.6) is 0 Å². The van der Waals surface area contributed by atoms with Crippen molar-refractivity contribution in [3.8, 4) is 0 Å². The molecule has 8 rings (SSSR count). The van der Waals surface area contributed by atoms with E-state index in [1.165, 1.54) is 40.8 Å². The molecule has 0 bridgehead atoms. The van der Waals surface area contributed by atoms with Crippen molar-refractivity contribution in [1.82, 2.24) is 39.4 Å². The fourth-order valence-electron chi connectivity index (χ4n) is 8.41. The number of carboxylic acid groups (broad SMARTS) is 1. The number of nitrogens with zero attached hydrogens (tertiary/aromatic N) is 7. The summed E-state index contributed by atoms with van der Waals surface area (Å²) in [7, 11) is 6.07. The lowest BCUT2D eigenvalue weighted by molar-refractivity contribution is -0.174. The normalized spacial score (nSPS) is 22.1. The lowest BCUT2D eigenvalue weighted by Crippen LogP contribution is -2.50. The molecule has 18 nitrogen and oxygen atoms in total. The summed E-state index contributed by atoms with van der Waals surface area (Å²) in [5, 5.41) is 10.7. The molecule has 0 radical (unpaired) electrons. The third kappa shape index (κ3) is 14.6. The average molecular weight is 1070 g/mol. The van der Waals surface area contributed by atoms with E-state index in [1.54, 1.807) is 80.5 Å². The van der Waals surface area contributed by atoms with Crippen molar-refractivity contribution >= 4 is 65.7 Å². The van der Waals surface area contributed by atoms with E-state index in [0.29, 0.717) is 12.8 Å². The van der Waals surface area contributed by atoms with Gasteiger partial charge in [0.15, 0.2) is 0 Å². The van der Waals surface area contributed by atoms with E-state index in [0.717, 1.165) is 46.4 Å². The van der Waals surface area contributed by atoms with Crippen LogP contribution in [0.15, 0.2) is 73.8 Å². The van der Waals surface area contributed by atoms with Gasteiger partial charge in [0.05, 0.1) is 19.6 Å². The van der Waals surface area contributed by atoms with Gasteiger partial charge in [0.2, 0.25) is 0 Å². The van der Waals surface area contributed by atoms with Crippen molar-refractivity contribution < 1.29 is 65.8 Å². The molecular weight excluding hydrogens is 1010 g/mol. The second kappa shape index (κ2) is 24.7. The van der Waals surface area contributed by atoms with Crippen LogP contribution in [-0.2, 0) is 39.6 Å². The highest BCUT2D eigenvalue weighted by atomic mass is 35.5. The maximum Gasteiger partial charge on any atom is 0.411 e. The van der Waals surface area contributed by atoms with Crippen molar-refractivity contribution in [1.29, 1.82) is 0 Å². The van der Waals surface area contributed by atoms with E-state index >= 15 is 0 Å². The molecule has 6 atom stereocenters. The van der Waals surface area contributed by atoms with Crippen LogP contribution < -0.4 is 5.48 Å². The van der Waals surface area contributed by atoms with Crippen molar-refractivity contribution in [2.24, 2.45) is 11.8 Å². The highest BCUT2D eigenvalue weighted by Gasteiger charge is 2.71. The van der Waals surface area contributed by atoms with Crippen LogP contribution in [-0.4, -0.2) is 139 Å². The van der Waals surface area contributed by atoms with E-state index in [-0.39, 0.29) is 53.9 Å². The van der Waals surface area contributed by atoms with Gasteiger partial charge in [-0.25, -0.2) is 57.3 Å². The fraction of sp³-hybridized carbons (Fsp3) is 0.500. The Hall–Kier alpha value is -5.52. The molecule has 4 aromatic rings. The molecule has 2 saturated carbocycles. The molecule has 2 aliphatic heterocycles. The summed E-state index contributed by atoms with van der Waals surface area (Å²) in [6.07, 6.45) is 8.65. The summed E-state index contributed by atoms with van der Waals surface area (Å²) >= 11 is 9.53. The molecule has 2 saturated heterocycles. The van der Waals surface area contributed by atoms with Gasteiger partial charge < -0.3 is 19.4 Å². The molecule has 3 amide bonds. The van der Waals surface area contributed by atoms with Gasteiger partial charge in [0.1, 0.15) is 59.2 Å². The monoisotopic (exact) mass is 1060 g/mol. The predicted octanol–water partition coefficient (Wildman–Crippen LogP) is 7.99. The van der Waals surface area contributed by atoms with E-state index < -0.39 is 87.4 Å². The SMILES string of the molecule is CC(C)(C)OC(=O)N1C[C@@]2(c3cc(F)ccc3F)C[C@H]2C1C(=O)O.CNOC.CON(C)C(=O)C1[C@@H]2C[C@]2(c2cc(F)ccc2F)CN1C(=O)OC(C)(C)C.Cl.ClCCl.O=C(n1ccnc1)n1ccnc1. The van der Waals surface area contributed by atoms with Crippen LogP contribution in [0.4, 0.5) is 31.9 Å². The summed E-state index contributed by atoms with van der Waals surface area (Å²) in [5.74, 6) is -4.64. The van der Waals surface area contributed by atoms with Gasteiger partial charge in [-0.15, -0.1) is 35.6 Å². The van der Waals surface area contributed by atoms with Crippen LogP contribution >= 0.6 is 35.6 Å². The maximum atomic E-state index is 14.4. The number of aromatic nitrogens is 4. The number of likely N-dealkylation sites (N-methyl/N-ethyl adjacent to an activating group) is 1. The molecule has 2 aromatic heterocycles. The van der Waals surface area contributed by atoms with Crippen LogP contribution in [0.2, 0.25) is 0 Å². The van der Waals surface area contributed by atoms with Gasteiger partial charge in [-0.3, -0.25) is 28.6 Å². The number of nitrogens with one attached hydrogen (secondary N) is 1. The van der Waals surface area contributed by atoms with Gasteiger partial charge in [0, 0.05) is 74.6 Å². The van der Waals surface area contributed by atoms with Crippen LogP contribution in [0.1, 0.15) is 65.5 Å². The maximum absolute atomic E-state index is 14.4. The van der Waals surface area contributed by atoms with Crippen LogP contribution in [0.3, 0.4) is 0 Å². The first-order valence-electron chi connectivity index (χ1n) is 21.5. The van der Waals surface area contributed by atoms with Gasteiger partial charge in [-0.05, 0) is 102 Å². The predicted molar refractivity (Wildman–Crippen MR) is 254 cm³/mol. The summed E-state index contributed by atoms with van der Waals surface area (Å²) in [4.78, 5) is 80.1. The number of carboxylic acids is 1. The molecule has 2 N–H and O–H groups in total. The Morgan fingerprint density at radius 1 is 0.761 bits per heavy atom. The minimum atomic E-state index is -1.16. The average Bonchev–Trinajstić information content (AvgIpc) is 3.73. The molecule has 4 fully saturated rings. The number of halogens is 7. The van der Waals surface area contributed by atoms with E-state index in [9.17, 15) is 46.6 Å². The number of hydroxylamine groups is 3.